The zero-order valence-electron chi connectivity index (χ0n) is 13.0. The third kappa shape index (κ3) is 6.61. The van der Waals surface area contributed by atoms with Gasteiger partial charge in [0.05, 0.1) is 11.6 Å². The highest BCUT2D eigenvalue weighted by molar-refractivity contribution is 5.51. The second-order valence-corrected chi connectivity index (χ2v) is 5.54. The maximum absolute atomic E-state index is 8.89. The van der Waals surface area contributed by atoms with E-state index in [1.54, 1.807) is 0 Å². The van der Waals surface area contributed by atoms with Crippen LogP contribution >= 0.6 is 0 Å². The second kappa shape index (κ2) is 10.3. The number of rotatable bonds is 10. The molecule has 0 aliphatic carbocycles. The van der Waals surface area contributed by atoms with Crippen molar-refractivity contribution in [2.24, 2.45) is 0 Å². The van der Waals surface area contributed by atoms with E-state index < -0.39 is 0 Å². The molecule has 1 N–H and O–H groups in total. The first-order valence-corrected chi connectivity index (χ1v) is 8.02. The molecular formula is C18H28N2. The fourth-order valence-electron chi connectivity index (χ4n) is 2.39. The van der Waals surface area contributed by atoms with Gasteiger partial charge in [-0.15, -0.1) is 0 Å². The number of nitrogens with zero attached hydrogens (tertiary/aromatic N) is 1. The van der Waals surface area contributed by atoms with Gasteiger partial charge in [0.15, 0.2) is 0 Å². The summed E-state index contributed by atoms with van der Waals surface area (Å²) in [6.45, 7) is 5.27. The van der Waals surface area contributed by atoms with E-state index in [9.17, 15) is 0 Å². The summed E-state index contributed by atoms with van der Waals surface area (Å²) in [6.07, 6.45) is 10.8. The van der Waals surface area contributed by atoms with Crippen LogP contribution in [-0.4, -0.2) is 6.54 Å². The number of aryl methyl sites for hydroxylation is 1. The lowest BCUT2D eigenvalue weighted by molar-refractivity contribution is 0.581. The van der Waals surface area contributed by atoms with Gasteiger partial charge < -0.3 is 5.32 Å². The van der Waals surface area contributed by atoms with Crippen molar-refractivity contribution in [1.82, 2.24) is 0 Å². The molecule has 0 aliphatic heterocycles. The van der Waals surface area contributed by atoms with Gasteiger partial charge in [-0.1, -0.05) is 51.9 Å². The zero-order valence-corrected chi connectivity index (χ0v) is 13.0. The van der Waals surface area contributed by atoms with E-state index in [1.165, 1.54) is 51.4 Å². The monoisotopic (exact) mass is 272 g/mol. The third-order valence-corrected chi connectivity index (χ3v) is 3.71. The smallest absolute Gasteiger partial charge is 0.0994 e. The average Bonchev–Trinajstić information content (AvgIpc) is 2.46. The maximum atomic E-state index is 8.89. The third-order valence-electron chi connectivity index (χ3n) is 3.71. The molecule has 2 nitrogen and oxygen atoms in total. The van der Waals surface area contributed by atoms with Gasteiger partial charge >= 0.3 is 0 Å². The molecule has 0 atom stereocenters. The molecule has 0 saturated heterocycles. The molecular weight excluding hydrogens is 244 g/mol. The molecule has 0 radical (unpaired) electrons. The summed E-state index contributed by atoms with van der Waals surface area (Å²) in [7, 11) is 0. The minimum absolute atomic E-state index is 0.766. The topological polar surface area (TPSA) is 35.8 Å². The molecule has 20 heavy (non-hydrogen) atoms. The van der Waals surface area contributed by atoms with Gasteiger partial charge in [0.2, 0.25) is 0 Å². The summed E-state index contributed by atoms with van der Waals surface area (Å²) in [6, 6.07) is 8.15. The zero-order chi connectivity index (χ0) is 14.6. The van der Waals surface area contributed by atoms with Crippen molar-refractivity contribution < 1.29 is 0 Å². The van der Waals surface area contributed by atoms with E-state index in [0.717, 1.165) is 23.4 Å². The Labute approximate surface area is 124 Å². The quantitative estimate of drug-likeness (QED) is 0.577. The first-order chi connectivity index (χ1) is 9.77. The van der Waals surface area contributed by atoms with Crippen molar-refractivity contribution in [3.05, 3.63) is 29.3 Å². The second-order valence-electron chi connectivity index (χ2n) is 5.54. The Hall–Kier alpha value is -1.49. The van der Waals surface area contributed by atoms with Crippen LogP contribution in [0.5, 0.6) is 0 Å². The highest BCUT2D eigenvalue weighted by Crippen LogP contribution is 2.15. The molecule has 0 spiro atoms. The predicted octanol–water partition coefficient (Wildman–Crippen LogP) is 5.42. The van der Waals surface area contributed by atoms with Crippen LogP contribution in [-0.2, 0) is 0 Å². The lowest BCUT2D eigenvalue weighted by Gasteiger charge is -2.08. The molecule has 0 fully saturated rings. The van der Waals surface area contributed by atoms with Gasteiger partial charge in [-0.3, -0.25) is 0 Å². The summed E-state index contributed by atoms with van der Waals surface area (Å²) in [5, 5.41) is 12.3. The Morgan fingerprint density at radius 3 is 2.25 bits per heavy atom. The molecule has 1 rings (SSSR count). The molecule has 0 aliphatic rings. The lowest BCUT2D eigenvalue weighted by atomic mass is 10.1. The van der Waals surface area contributed by atoms with E-state index in [4.69, 9.17) is 5.26 Å². The molecule has 0 unspecified atom stereocenters. The van der Waals surface area contributed by atoms with E-state index in [-0.39, 0.29) is 0 Å². The van der Waals surface area contributed by atoms with Crippen LogP contribution in [0.3, 0.4) is 0 Å². The Kier molecular flexibility index (Phi) is 8.54. The van der Waals surface area contributed by atoms with Gasteiger partial charge in [-0.05, 0) is 37.1 Å². The van der Waals surface area contributed by atoms with E-state index in [0.29, 0.717) is 0 Å². The lowest BCUT2D eigenvalue weighted by Crippen LogP contribution is -2.01. The molecule has 1 aromatic rings. The molecule has 2 heteroatoms. The van der Waals surface area contributed by atoms with Crippen LogP contribution in [0.2, 0.25) is 0 Å². The van der Waals surface area contributed by atoms with Crippen LogP contribution in [0.15, 0.2) is 18.2 Å². The first kappa shape index (κ1) is 16.6. The maximum Gasteiger partial charge on any atom is 0.0994 e. The highest BCUT2D eigenvalue weighted by Gasteiger charge is 1.98. The molecule has 1 aromatic carbocycles. The predicted molar refractivity (Wildman–Crippen MR) is 87.0 cm³/mol. The SMILES string of the molecule is CCCCCCCCCCNc1ccc(C#N)c(C)c1. The standard InChI is InChI=1S/C18H28N2/c1-3-4-5-6-7-8-9-10-13-20-18-12-11-17(15-19)16(2)14-18/h11-12,14,20H,3-10,13H2,1-2H3. The van der Waals surface area contributed by atoms with Crippen molar-refractivity contribution in [1.29, 1.82) is 5.26 Å². The minimum atomic E-state index is 0.766. The van der Waals surface area contributed by atoms with Crippen molar-refractivity contribution in [2.45, 2.75) is 65.2 Å². The first-order valence-electron chi connectivity index (χ1n) is 8.02. The van der Waals surface area contributed by atoms with Crippen LogP contribution in [0, 0.1) is 18.3 Å². The molecule has 0 heterocycles. The molecule has 110 valence electrons. The Balaban J connectivity index is 2.07. The Morgan fingerprint density at radius 2 is 1.65 bits per heavy atom. The Morgan fingerprint density at radius 1 is 1.00 bits per heavy atom. The minimum Gasteiger partial charge on any atom is -0.385 e. The van der Waals surface area contributed by atoms with Crippen molar-refractivity contribution in [2.75, 3.05) is 11.9 Å². The summed E-state index contributed by atoms with van der Waals surface area (Å²) in [4.78, 5) is 0. The van der Waals surface area contributed by atoms with Gasteiger partial charge in [0.25, 0.3) is 0 Å². The highest BCUT2D eigenvalue weighted by atomic mass is 14.9. The van der Waals surface area contributed by atoms with Gasteiger partial charge in [0, 0.05) is 12.2 Å². The van der Waals surface area contributed by atoms with Crippen molar-refractivity contribution >= 4 is 5.69 Å². The van der Waals surface area contributed by atoms with Crippen LogP contribution in [0.1, 0.15) is 69.4 Å². The molecule has 0 aromatic heterocycles. The van der Waals surface area contributed by atoms with E-state index in [1.807, 2.05) is 19.1 Å². The van der Waals surface area contributed by atoms with Crippen LogP contribution in [0.25, 0.3) is 0 Å². The number of unbranched alkanes of at least 4 members (excludes halogenated alkanes) is 7. The van der Waals surface area contributed by atoms with Crippen molar-refractivity contribution in [3.8, 4) is 6.07 Å². The normalized spacial score (nSPS) is 10.2. The Bertz CT molecular complexity index is 418. The summed E-state index contributed by atoms with van der Waals surface area (Å²) in [5.41, 5.74) is 2.94. The number of hydrogen-bond acceptors (Lipinski definition) is 2. The fourth-order valence-corrected chi connectivity index (χ4v) is 2.39. The fraction of sp³-hybridized carbons (Fsp3) is 0.611. The number of anilines is 1. The van der Waals surface area contributed by atoms with Crippen LogP contribution < -0.4 is 5.32 Å². The van der Waals surface area contributed by atoms with Crippen molar-refractivity contribution in [3.63, 3.8) is 0 Å². The van der Waals surface area contributed by atoms with E-state index in [2.05, 4.69) is 24.4 Å². The molecule has 0 amide bonds. The number of benzene rings is 1. The number of nitrogens with one attached hydrogen (secondary N) is 1. The number of nitriles is 1. The molecule has 0 bridgehead atoms. The van der Waals surface area contributed by atoms with Gasteiger partial charge in [0.1, 0.15) is 0 Å². The van der Waals surface area contributed by atoms with Gasteiger partial charge in [-0.2, -0.15) is 5.26 Å². The molecule has 0 saturated carbocycles. The summed E-state index contributed by atoms with van der Waals surface area (Å²) in [5.74, 6) is 0. The summed E-state index contributed by atoms with van der Waals surface area (Å²) < 4.78 is 0. The van der Waals surface area contributed by atoms with Gasteiger partial charge in [-0.25, -0.2) is 0 Å². The number of hydrogen-bond donors (Lipinski definition) is 1. The average molecular weight is 272 g/mol. The largest absolute Gasteiger partial charge is 0.385 e. The van der Waals surface area contributed by atoms with Crippen LogP contribution in [0.4, 0.5) is 5.69 Å². The van der Waals surface area contributed by atoms with E-state index >= 15 is 0 Å². The summed E-state index contributed by atoms with van der Waals surface area (Å²) >= 11 is 0.